The molecule has 3 unspecified atom stereocenters. The van der Waals surface area contributed by atoms with Gasteiger partial charge in [-0.2, -0.15) is 0 Å². The van der Waals surface area contributed by atoms with E-state index in [0.717, 1.165) is 30.0 Å². The average Bonchev–Trinajstić information content (AvgIpc) is 3.47. The minimum absolute atomic E-state index is 0.147. The minimum Gasteiger partial charge on any atom is -0.481 e. The molecule has 2 aliphatic heterocycles. The number of amides is 3. The topological polar surface area (TPSA) is 291 Å². The van der Waals surface area contributed by atoms with E-state index in [-0.39, 0.29) is 24.6 Å². The van der Waals surface area contributed by atoms with Gasteiger partial charge in [0.05, 0.1) is 17.3 Å². The van der Waals surface area contributed by atoms with Gasteiger partial charge in [0.1, 0.15) is 29.4 Å². The van der Waals surface area contributed by atoms with Crippen molar-refractivity contribution in [3.63, 3.8) is 0 Å². The van der Waals surface area contributed by atoms with Crippen molar-refractivity contribution >= 4 is 62.2 Å². The number of aromatic nitrogens is 1. The van der Waals surface area contributed by atoms with Crippen LogP contribution in [0, 0.1) is 35.2 Å². The number of carboxylic acids is 1. The maximum absolute atomic E-state index is 15.6. The molecule has 2 fully saturated rings. The van der Waals surface area contributed by atoms with E-state index in [0.29, 0.717) is 11.0 Å². The lowest BCUT2D eigenvalue weighted by Crippen LogP contribution is -2.54. The highest BCUT2D eigenvalue weighted by Gasteiger charge is 2.62. The number of hydrogen-bond acceptors (Lipinski definition) is 12. The number of imide groups is 1. The van der Waals surface area contributed by atoms with Crippen molar-refractivity contribution in [2.75, 3.05) is 29.4 Å². The van der Waals surface area contributed by atoms with E-state index >= 15 is 4.39 Å². The van der Waals surface area contributed by atoms with Crippen molar-refractivity contribution in [1.29, 1.82) is 0 Å². The number of nitrogens with one attached hydrogen (secondary N) is 1. The predicted octanol–water partition coefficient (Wildman–Crippen LogP) is 0.425. The smallest absolute Gasteiger partial charge is 0.412 e. The van der Waals surface area contributed by atoms with E-state index in [4.69, 9.17) is 5.73 Å². The van der Waals surface area contributed by atoms with Crippen LogP contribution >= 0.6 is 15.2 Å². The number of fused-ring (bicyclic) bond motifs is 2. The molecule has 1 aliphatic carbocycles. The maximum Gasteiger partial charge on any atom is 0.412 e. The Kier molecular flexibility index (Phi) is 10.3. The quantitative estimate of drug-likeness (QED) is 0.127. The Morgan fingerprint density at radius 2 is 1.56 bits per heavy atom. The van der Waals surface area contributed by atoms with Crippen LogP contribution < -0.4 is 20.9 Å². The molecular formula is C28H31F3N6O13P2. The predicted molar refractivity (Wildman–Crippen MR) is 168 cm³/mol. The number of carboxylic acid groups (broad SMARTS) is 1. The Morgan fingerprint density at radius 3 is 2.08 bits per heavy atom. The first-order valence-electron chi connectivity index (χ1n) is 15.2. The van der Waals surface area contributed by atoms with Crippen LogP contribution in [0.5, 0.6) is 0 Å². The summed E-state index contributed by atoms with van der Waals surface area (Å²) in [6, 6.07) is -0.756. The fraction of sp³-hybridized carbons (Fsp3) is 0.429. The van der Waals surface area contributed by atoms with Crippen molar-refractivity contribution in [3.8, 4) is 0 Å². The SMILES string of the molecule is CC(C(=O)NC(=O)[C@H](C)N)N(C(=O)OC(P(=O)(O)O)P(=O)(O)O)C1[C@H]2CN(c3nc4c(cc3F)C(=O)C(C(=O)O)CN4c3ccc(F)cc3F)C[C@@H]12. The Bertz CT molecular complexity index is 1930. The highest BCUT2D eigenvalue weighted by molar-refractivity contribution is 7.70. The molecule has 0 radical (unpaired) electrons. The van der Waals surface area contributed by atoms with Gasteiger partial charge in [0.2, 0.25) is 11.8 Å². The van der Waals surface area contributed by atoms with Crippen LogP contribution in [0.1, 0.15) is 24.2 Å². The second kappa shape index (κ2) is 13.8. The Hall–Kier alpha value is -4.43. The zero-order chi connectivity index (χ0) is 38.8. The number of rotatable bonds is 10. The molecule has 0 bridgehead atoms. The van der Waals surface area contributed by atoms with Gasteiger partial charge < -0.3 is 45.0 Å². The number of aliphatic carboxylic acids is 1. The number of piperidine rings is 1. The molecular weight excluding hydrogens is 747 g/mol. The third kappa shape index (κ3) is 7.40. The van der Waals surface area contributed by atoms with Crippen LogP contribution in [-0.4, -0.2) is 108 Å². The molecule has 52 heavy (non-hydrogen) atoms. The van der Waals surface area contributed by atoms with E-state index in [9.17, 15) is 66.6 Å². The van der Waals surface area contributed by atoms with Crippen molar-refractivity contribution in [3.05, 3.63) is 47.3 Å². The first kappa shape index (κ1) is 38.8. The lowest BCUT2D eigenvalue weighted by atomic mass is 9.92. The van der Waals surface area contributed by atoms with Gasteiger partial charge in [-0.05, 0) is 32.0 Å². The van der Waals surface area contributed by atoms with Crippen LogP contribution in [0.25, 0.3) is 0 Å². The first-order valence-corrected chi connectivity index (χ1v) is 18.5. The van der Waals surface area contributed by atoms with Crippen LogP contribution in [0.15, 0.2) is 24.3 Å². The molecule has 3 heterocycles. The Labute approximate surface area is 290 Å². The number of hydrogen-bond donors (Lipinski definition) is 7. The molecule has 5 rings (SSSR count). The number of benzene rings is 1. The summed E-state index contributed by atoms with van der Waals surface area (Å²) in [5.74, 6) is -11.7. The van der Waals surface area contributed by atoms with Gasteiger partial charge in [-0.3, -0.25) is 38.5 Å². The summed E-state index contributed by atoms with van der Waals surface area (Å²) in [6.07, 6.45) is -1.74. The van der Waals surface area contributed by atoms with Crippen LogP contribution in [0.4, 0.5) is 35.3 Å². The van der Waals surface area contributed by atoms with E-state index < -0.39 is 122 Å². The Morgan fingerprint density at radius 1 is 0.962 bits per heavy atom. The number of anilines is 3. The molecule has 1 saturated carbocycles. The normalized spacial score (nSPS) is 22.3. The second-order valence-electron chi connectivity index (χ2n) is 12.5. The molecule has 24 heteroatoms. The average molecular weight is 779 g/mol. The first-order chi connectivity index (χ1) is 24.0. The molecule has 1 aromatic carbocycles. The summed E-state index contributed by atoms with van der Waals surface area (Å²) >= 11 is 0. The molecule has 282 valence electrons. The van der Waals surface area contributed by atoms with Crippen molar-refractivity contribution in [2.45, 2.75) is 37.6 Å². The van der Waals surface area contributed by atoms with Gasteiger partial charge in [0.25, 0.3) is 0 Å². The number of carbonyl (C=O) groups is 5. The van der Waals surface area contributed by atoms with Crippen LogP contribution in [0.3, 0.4) is 0 Å². The number of Topliss-reactive ketones (excluding diaryl/α,β-unsaturated/α-hetero) is 1. The van der Waals surface area contributed by atoms with E-state index in [1.165, 1.54) is 11.8 Å². The summed E-state index contributed by atoms with van der Waals surface area (Å²) in [4.78, 5) is 108. The third-order valence-electron chi connectivity index (χ3n) is 8.86. The molecule has 0 spiro atoms. The van der Waals surface area contributed by atoms with E-state index in [2.05, 4.69) is 9.72 Å². The number of nitrogens with zero attached hydrogens (tertiary/aromatic N) is 4. The molecule has 2 aromatic rings. The lowest BCUT2D eigenvalue weighted by molar-refractivity contribution is -0.140. The molecule has 1 saturated heterocycles. The van der Waals surface area contributed by atoms with Gasteiger partial charge in [-0.15, -0.1) is 0 Å². The lowest BCUT2D eigenvalue weighted by Gasteiger charge is -2.34. The van der Waals surface area contributed by atoms with Crippen LogP contribution in [0.2, 0.25) is 0 Å². The van der Waals surface area contributed by atoms with Gasteiger partial charge in [-0.25, -0.2) is 22.9 Å². The summed E-state index contributed by atoms with van der Waals surface area (Å²) < 4.78 is 72.5. The summed E-state index contributed by atoms with van der Waals surface area (Å²) in [7, 11) is -11.6. The highest BCUT2D eigenvalue weighted by atomic mass is 31.2. The zero-order valence-corrected chi connectivity index (χ0v) is 28.7. The molecule has 8 N–H and O–H groups in total. The molecule has 3 aliphatic rings. The second-order valence-corrected chi connectivity index (χ2v) is 16.2. The van der Waals surface area contributed by atoms with E-state index in [1.807, 2.05) is 5.32 Å². The monoisotopic (exact) mass is 778 g/mol. The van der Waals surface area contributed by atoms with Gasteiger partial charge in [0, 0.05) is 43.6 Å². The number of ketones is 1. The van der Waals surface area contributed by atoms with Crippen molar-refractivity contribution in [2.24, 2.45) is 23.5 Å². The highest BCUT2D eigenvalue weighted by Crippen LogP contribution is 2.61. The summed E-state index contributed by atoms with van der Waals surface area (Å²) in [6.45, 7) is 1.41. The minimum atomic E-state index is -5.79. The zero-order valence-electron chi connectivity index (χ0n) is 26.9. The number of pyridine rings is 1. The maximum atomic E-state index is 15.6. The van der Waals surface area contributed by atoms with E-state index in [1.54, 1.807) is 0 Å². The molecule has 19 nitrogen and oxygen atoms in total. The molecule has 6 atom stereocenters. The van der Waals surface area contributed by atoms with Crippen molar-refractivity contribution < 1.29 is 75.7 Å². The van der Waals surface area contributed by atoms with Gasteiger partial charge >= 0.3 is 32.8 Å². The molecule has 3 amide bonds. The summed E-state index contributed by atoms with van der Waals surface area (Å²) in [5, 5.41) is 11.6. The number of halogens is 3. The summed E-state index contributed by atoms with van der Waals surface area (Å²) in [5.41, 5.74) is 1.38. The number of carbonyl (C=O) groups excluding carboxylic acids is 4. The Balaban J connectivity index is 1.45. The number of ether oxygens (including phenoxy) is 1. The fourth-order valence-corrected chi connectivity index (χ4v) is 8.31. The largest absolute Gasteiger partial charge is 0.481 e. The fourth-order valence-electron chi connectivity index (χ4n) is 6.29. The van der Waals surface area contributed by atoms with Gasteiger partial charge in [0.15, 0.2) is 17.4 Å². The number of nitrogens with two attached hydrogens (primary N) is 1. The standard InChI is InChI=1S/C28H31F3N6O13P2/c1-10(32)24(39)34-25(40)11(2)37(27(43)50-28(51(44,45)46)52(47,48)49)20-14-7-35(8-15(14)20)23-18(31)6-13-21(38)16(26(41)42)9-36(22(13)33-23)19-4-3-12(29)5-17(19)30/h3-6,10-11,14-16,20,28H,7-9,32H2,1-2H3,(H,41,42)(H,34,39,40)(H2,44,45,46)(H2,47,48,49)/t10-,11?,14-,15+,16?,20?/m0/s1. The molecule has 1 aromatic heterocycles. The van der Waals surface area contributed by atoms with Crippen molar-refractivity contribution in [1.82, 2.24) is 15.2 Å². The van der Waals surface area contributed by atoms with Gasteiger partial charge in [-0.1, -0.05) is 0 Å². The third-order valence-corrected chi connectivity index (χ3v) is 12.0. The van der Waals surface area contributed by atoms with Crippen LogP contribution in [-0.2, 0) is 28.3 Å².